The van der Waals surface area contributed by atoms with E-state index in [4.69, 9.17) is 9.47 Å². The zero-order chi connectivity index (χ0) is 18.0. The minimum Gasteiger partial charge on any atom is -0.497 e. The molecular formula is C17H16N2O5S. The summed E-state index contributed by atoms with van der Waals surface area (Å²) >= 11 is 0. The summed E-state index contributed by atoms with van der Waals surface area (Å²) in [7, 11) is -0.744. The van der Waals surface area contributed by atoms with Crippen molar-refractivity contribution >= 4 is 27.8 Å². The van der Waals surface area contributed by atoms with Gasteiger partial charge in [-0.1, -0.05) is 12.1 Å². The lowest BCUT2D eigenvalue weighted by molar-refractivity contribution is 0.0999. The number of nitrogens with zero attached hydrogens (tertiary/aromatic N) is 2. The van der Waals surface area contributed by atoms with Gasteiger partial charge in [-0.05, 0) is 30.3 Å². The highest BCUT2D eigenvalue weighted by Crippen LogP contribution is 2.30. The number of carbonyl (C=O) groups excluding carboxylic acids is 1. The fourth-order valence-electron chi connectivity index (χ4n) is 2.55. The molecule has 130 valence electrons. The number of benzene rings is 2. The largest absolute Gasteiger partial charge is 0.497 e. The van der Waals surface area contributed by atoms with Gasteiger partial charge in [0.2, 0.25) is 0 Å². The van der Waals surface area contributed by atoms with Crippen LogP contribution in [0, 0.1) is 0 Å². The van der Waals surface area contributed by atoms with Crippen LogP contribution in [0.4, 0.5) is 5.69 Å². The van der Waals surface area contributed by atoms with Crippen LogP contribution >= 0.6 is 0 Å². The average Bonchev–Trinajstić information content (AvgIpc) is 2.63. The van der Waals surface area contributed by atoms with Crippen LogP contribution in [0.3, 0.4) is 0 Å². The number of fused-ring (bicyclic) bond motifs is 1. The third-order valence-electron chi connectivity index (χ3n) is 3.80. The van der Waals surface area contributed by atoms with Crippen LogP contribution in [-0.4, -0.2) is 41.3 Å². The summed E-state index contributed by atoms with van der Waals surface area (Å²) in [4.78, 5) is 14.3. The van der Waals surface area contributed by atoms with Crippen molar-refractivity contribution < 1.29 is 22.7 Å². The van der Waals surface area contributed by atoms with E-state index in [9.17, 15) is 13.2 Å². The molecule has 1 heterocycles. The van der Waals surface area contributed by atoms with Crippen LogP contribution in [-0.2, 0) is 10.0 Å². The van der Waals surface area contributed by atoms with E-state index in [1.54, 1.807) is 36.4 Å². The van der Waals surface area contributed by atoms with Crippen molar-refractivity contribution in [3.63, 3.8) is 0 Å². The Morgan fingerprint density at radius 1 is 1.12 bits per heavy atom. The first kappa shape index (κ1) is 17.0. The lowest BCUT2D eigenvalue weighted by Gasteiger charge is -2.24. The fourth-order valence-corrected chi connectivity index (χ4v) is 3.60. The molecular weight excluding hydrogens is 344 g/mol. The van der Waals surface area contributed by atoms with E-state index in [2.05, 4.69) is 4.40 Å². The van der Waals surface area contributed by atoms with Gasteiger partial charge < -0.3 is 14.4 Å². The third-order valence-corrected chi connectivity index (χ3v) is 5.07. The maximum atomic E-state index is 12.7. The van der Waals surface area contributed by atoms with Gasteiger partial charge in [0.25, 0.3) is 10.0 Å². The molecule has 0 atom stereocenters. The maximum Gasteiger partial charge on any atom is 0.285 e. The van der Waals surface area contributed by atoms with Crippen molar-refractivity contribution in [2.45, 2.75) is 4.90 Å². The number of hydrogen-bond donors (Lipinski definition) is 0. The standard InChI is InChI=1S/C17H16N2O5S/c1-23-12-7-8-16(24-2)13(9-12)15(20)10-19-11-18-25(21,22)17-6-4-3-5-14(17)19/h3-9,11H,10H2,1-2H3. The number of carbonyl (C=O) groups is 1. The Morgan fingerprint density at radius 3 is 2.60 bits per heavy atom. The normalized spacial score (nSPS) is 14.7. The minimum absolute atomic E-state index is 0.0721. The molecule has 0 bridgehead atoms. The Labute approximate surface area is 145 Å². The Balaban J connectivity index is 1.95. The Kier molecular flexibility index (Phi) is 4.45. The first-order chi connectivity index (χ1) is 12.0. The quantitative estimate of drug-likeness (QED) is 0.760. The topological polar surface area (TPSA) is 85.3 Å². The Bertz CT molecular complexity index is 953. The molecule has 0 aromatic heterocycles. The molecule has 0 fully saturated rings. The predicted octanol–water partition coefficient (Wildman–Crippen LogP) is 2.12. The number of hydrogen-bond acceptors (Lipinski definition) is 6. The van der Waals surface area contributed by atoms with E-state index in [1.807, 2.05) is 0 Å². The second-order valence-corrected chi connectivity index (χ2v) is 6.88. The number of ketones is 1. The van der Waals surface area contributed by atoms with Gasteiger partial charge in [0.05, 0.1) is 32.0 Å². The number of sulfonamides is 1. The van der Waals surface area contributed by atoms with Crippen LogP contribution < -0.4 is 14.4 Å². The molecule has 0 spiro atoms. The van der Waals surface area contributed by atoms with E-state index in [-0.39, 0.29) is 17.2 Å². The highest BCUT2D eigenvalue weighted by molar-refractivity contribution is 7.90. The van der Waals surface area contributed by atoms with Gasteiger partial charge in [0, 0.05) is 0 Å². The summed E-state index contributed by atoms with van der Waals surface area (Å²) in [5.41, 5.74) is 0.758. The van der Waals surface area contributed by atoms with Crippen LogP contribution in [0.1, 0.15) is 10.4 Å². The Hall–Kier alpha value is -2.87. The van der Waals surface area contributed by atoms with Crippen molar-refractivity contribution in [3.8, 4) is 11.5 Å². The van der Waals surface area contributed by atoms with E-state index in [0.717, 1.165) is 6.34 Å². The summed E-state index contributed by atoms with van der Waals surface area (Å²) in [5.74, 6) is 0.691. The van der Waals surface area contributed by atoms with Gasteiger partial charge in [0.1, 0.15) is 22.7 Å². The molecule has 8 heteroatoms. The lowest BCUT2D eigenvalue weighted by Crippen LogP contribution is -2.32. The molecule has 0 N–H and O–H groups in total. The van der Waals surface area contributed by atoms with E-state index in [0.29, 0.717) is 22.7 Å². The summed E-state index contributed by atoms with van der Waals surface area (Å²) in [5, 5.41) is 0. The van der Waals surface area contributed by atoms with Crippen molar-refractivity contribution in [2.24, 2.45) is 4.40 Å². The number of rotatable bonds is 5. The zero-order valence-corrected chi connectivity index (χ0v) is 14.5. The number of Topliss-reactive ketones (excluding diaryl/α,β-unsaturated/α-hetero) is 1. The highest BCUT2D eigenvalue weighted by Gasteiger charge is 2.27. The smallest absolute Gasteiger partial charge is 0.285 e. The molecule has 0 saturated carbocycles. The molecule has 2 aromatic carbocycles. The highest BCUT2D eigenvalue weighted by atomic mass is 32.2. The minimum atomic E-state index is -3.73. The molecule has 1 aliphatic rings. The molecule has 0 amide bonds. The molecule has 3 rings (SSSR count). The first-order valence-corrected chi connectivity index (χ1v) is 8.81. The number of methoxy groups -OCH3 is 2. The van der Waals surface area contributed by atoms with Gasteiger partial charge in [-0.15, -0.1) is 4.40 Å². The summed E-state index contributed by atoms with van der Waals surface area (Å²) in [6, 6.07) is 11.3. The number of ether oxygens (including phenoxy) is 2. The SMILES string of the molecule is COc1ccc(OC)c(C(=O)CN2C=NS(=O)(=O)c3ccccc32)c1. The van der Waals surface area contributed by atoms with Gasteiger partial charge in [-0.25, -0.2) is 0 Å². The number of anilines is 1. The van der Waals surface area contributed by atoms with Crippen molar-refractivity contribution in [1.29, 1.82) is 0 Å². The third kappa shape index (κ3) is 3.20. The number of para-hydroxylation sites is 1. The fraction of sp³-hybridized carbons (Fsp3) is 0.176. The maximum absolute atomic E-state index is 12.7. The average molecular weight is 360 g/mol. The molecule has 0 aliphatic carbocycles. The van der Waals surface area contributed by atoms with Gasteiger partial charge >= 0.3 is 0 Å². The monoisotopic (exact) mass is 360 g/mol. The zero-order valence-electron chi connectivity index (χ0n) is 13.7. The van der Waals surface area contributed by atoms with Crippen molar-refractivity contribution in [3.05, 3.63) is 48.0 Å². The summed E-state index contributed by atoms with van der Waals surface area (Å²) < 4.78 is 38.0. The van der Waals surface area contributed by atoms with E-state index in [1.165, 1.54) is 25.2 Å². The van der Waals surface area contributed by atoms with Crippen LogP contribution in [0.2, 0.25) is 0 Å². The van der Waals surface area contributed by atoms with E-state index < -0.39 is 10.0 Å². The van der Waals surface area contributed by atoms with E-state index >= 15 is 0 Å². The van der Waals surface area contributed by atoms with Gasteiger partial charge in [-0.3, -0.25) is 4.79 Å². The molecule has 25 heavy (non-hydrogen) atoms. The van der Waals surface area contributed by atoms with Gasteiger partial charge in [0.15, 0.2) is 5.78 Å². The molecule has 7 nitrogen and oxygen atoms in total. The lowest BCUT2D eigenvalue weighted by atomic mass is 10.1. The van der Waals surface area contributed by atoms with Crippen molar-refractivity contribution in [2.75, 3.05) is 25.7 Å². The Morgan fingerprint density at radius 2 is 1.88 bits per heavy atom. The van der Waals surface area contributed by atoms with Crippen molar-refractivity contribution in [1.82, 2.24) is 0 Å². The first-order valence-electron chi connectivity index (χ1n) is 7.37. The van der Waals surface area contributed by atoms with Crippen LogP contribution in [0.25, 0.3) is 0 Å². The summed E-state index contributed by atoms with van der Waals surface area (Å²) in [6.45, 7) is -0.0838. The molecule has 0 radical (unpaired) electrons. The second kappa shape index (κ2) is 6.56. The second-order valence-electron chi connectivity index (χ2n) is 5.28. The molecule has 0 saturated heterocycles. The molecule has 2 aromatic rings. The van der Waals surface area contributed by atoms with Crippen LogP contribution in [0.15, 0.2) is 51.8 Å². The van der Waals surface area contributed by atoms with Gasteiger partial charge in [-0.2, -0.15) is 8.42 Å². The van der Waals surface area contributed by atoms with Crippen LogP contribution in [0.5, 0.6) is 11.5 Å². The molecule has 1 aliphatic heterocycles. The summed E-state index contributed by atoms with van der Waals surface area (Å²) in [6.07, 6.45) is 1.15. The predicted molar refractivity (Wildman–Crippen MR) is 93.3 cm³/mol. The molecule has 0 unspecified atom stereocenters.